The molecule has 4 heteroatoms. The topological polar surface area (TPSA) is 46.5 Å². The Morgan fingerprint density at radius 2 is 2.30 bits per heavy atom. The normalized spacial score (nSPS) is 26.2. The van der Waals surface area contributed by atoms with Crippen LogP contribution in [-0.4, -0.2) is 18.2 Å². The van der Waals surface area contributed by atoms with E-state index in [2.05, 4.69) is 6.92 Å². The molecule has 0 amide bonds. The van der Waals surface area contributed by atoms with Gasteiger partial charge in [-0.25, -0.2) is 0 Å². The molecule has 3 nitrogen and oxygen atoms in total. The SMILES string of the molecule is COc1ccc(Cl)cc1CC1(C(=O)O)CCCC(C)C1. The van der Waals surface area contributed by atoms with Crippen LogP contribution in [0.4, 0.5) is 0 Å². The van der Waals surface area contributed by atoms with Crippen LogP contribution in [0.2, 0.25) is 5.02 Å². The summed E-state index contributed by atoms with van der Waals surface area (Å²) in [5, 5.41) is 10.3. The molecule has 0 heterocycles. The summed E-state index contributed by atoms with van der Waals surface area (Å²) < 4.78 is 5.34. The van der Waals surface area contributed by atoms with Gasteiger partial charge in [0.25, 0.3) is 0 Å². The molecule has 0 aliphatic heterocycles. The fourth-order valence-corrected chi connectivity index (χ4v) is 3.54. The molecule has 20 heavy (non-hydrogen) atoms. The number of benzene rings is 1. The molecule has 2 rings (SSSR count). The Morgan fingerprint density at radius 1 is 1.55 bits per heavy atom. The molecule has 0 saturated heterocycles. The highest BCUT2D eigenvalue weighted by Crippen LogP contribution is 2.43. The maximum absolute atomic E-state index is 11.8. The van der Waals surface area contributed by atoms with Crippen molar-refractivity contribution in [2.45, 2.75) is 39.0 Å². The van der Waals surface area contributed by atoms with Crippen LogP contribution >= 0.6 is 11.6 Å². The summed E-state index contributed by atoms with van der Waals surface area (Å²) in [6.07, 6.45) is 4.01. The van der Waals surface area contributed by atoms with E-state index in [1.807, 2.05) is 6.07 Å². The van der Waals surface area contributed by atoms with Crippen molar-refractivity contribution in [3.05, 3.63) is 28.8 Å². The molecule has 1 aliphatic rings. The zero-order chi connectivity index (χ0) is 14.8. The molecule has 0 aromatic heterocycles. The second-order valence-corrected chi connectivity index (χ2v) is 6.36. The van der Waals surface area contributed by atoms with Crippen molar-refractivity contribution < 1.29 is 14.6 Å². The summed E-state index contributed by atoms with van der Waals surface area (Å²) in [5.74, 6) is 0.462. The molecule has 1 N–H and O–H groups in total. The van der Waals surface area contributed by atoms with Crippen LogP contribution < -0.4 is 4.74 Å². The first-order valence-electron chi connectivity index (χ1n) is 7.03. The Bertz CT molecular complexity index is 500. The van der Waals surface area contributed by atoms with Gasteiger partial charge in [0.2, 0.25) is 0 Å². The summed E-state index contributed by atoms with van der Waals surface area (Å²) in [6.45, 7) is 2.13. The zero-order valence-corrected chi connectivity index (χ0v) is 12.7. The van der Waals surface area contributed by atoms with Crippen molar-refractivity contribution in [3.8, 4) is 5.75 Å². The maximum Gasteiger partial charge on any atom is 0.309 e. The molecule has 2 atom stereocenters. The summed E-state index contributed by atoms with van der Waals surface area (Å²) in [6, 6.07) is 5.39. The van der Waals surface area contributed by atoms with Gasteiger partial charge >= 0.3 is 5.97 Å². The van der Waals surface area contributed by atoms with E-state index in [0.717, 1.165) is 31.2 Å². The van der Waals surface area contributed by atoms with Crippen LogP contribution in [0.15, 0.2) is 18.2 Å². The molecule has 0 radical (unpaired) electrons. The largest absolute Gasteiger partial charge is 0.496 e. The maximum atomic E-state index is 11.8. The lowest BCUT2D eigenvalue weighted by atomic mass is 9.67. The number of ether oxygens (including phenoxy) is 1. The Kier molecular flexibility index (Phi) is 4.59. The van der Waals surface area contributed by atoms with E-state index < -0.39 is 11.4 Å². The molecule has 2 unspecified atom stereocenters. The number of carboxylic acids is 1. The predicted molar refractivity (Wildman–Crippen MR) is 79.4 cm³/mol. The van der Waals surface area contributed by atoms with Gasteiger partial charge < -0.3 is 9.84 Å². The third kappa shape index (κ3) is 3.09. The van der Waals surface area contributed by atoms with Crippen molar-refractivity contribution >= 4 is 17.6 Å². The molecular weight excluding hydrogens is 276 g/mol. The molecule has 1 saturated carbocycles. The number of aliphatic carboxylic acids is 1. The van der Waals surface area contributed by atoms with Crippen molar-refractivity contribution in [1.29, 1.82) is 0 Å². The average molecular weight is 297 g/mol. The third-order valence-corrected chi connectivity index (χ3v) is 4.55. The molecular formula is C16H21ClO3. The summed E-state index contributed by atoms with van der Waals surface area (Å²) in [4.78, 5) is 11.8. The van der Waals surface area contributed by atoms with E-state index in [4.69, 9.17) is 16.3 Å². The fraction of sp³-hybridized carbons (Fsp3) is 0.562. The standard InChI is InChI=1S/C16H21ClO3/c1-11-4-3-7-16(9-11,15(18)19)10-12-8-13(17)5-6-14(12)20-2/h5-6,8,11H,3-4,7,9-10H2,1-2H3,(H,18,19). The minimum absolute atomic E-state index is 0.449. The first-order valence-corrected chi connectivity index (χ1v) is 7.40. The first-order chi connectivity index (χ1) is 9.47. The number of rotatable bonds is 4. The number of methoxy groups -OCH3 is 1. The minimum atomic E-state index is -0.703. The zero-order valence-electron chi connectivity index (χ0n) is 12.0. The molecule has 1 aromatic rings. The quantitative estimate of drug-likeness (QED) is 0.907. The second kappa shape index (κ2) is 6.04. The highest BCUT2D eigenvalue weighted by atomic mass is 35.5. The van der Waals surface area contributed by atoms with E-state index in [9.17, 15) is 9.90 Å². The van der Waals surface area contributed by atoms with Crippen LogP contribution in [0.3, 0.4) is 0 Å². The first kappa shape index (κ1) is 15.2. The molecule has 1 aliphatic carbocycles. The van der Waals surface area contributed by atoms with E-state index >= 15 is 0 Å². The lowest BCUT2D eigenvalue weighted by Gasteiger charge is -2.36. The predicted octanol–water partition coefficient (Wildman–Crippen LogP) is 4.17. The molecule has 0 bridgehead atoms. The highest BCUT2D eigenvalue weighted by molar-refractivity contribution is 6.30. The summed E-state index contributed by atoms with van der Waals surface area (Å²) in [7, 11) is 1.60. The lowest BCUT2D eigenvalue weighted by Crippen LogP contribution is -2.38. The van der Waals surface area contributed by atoms with Crippen LogP contribution in [0.5, 0.6) is 5.75 Å². The number of hydrogen-bond donors (Lipinski definition) is 1. The average Bonchev–Trinajstić information content (AvgIpc) is 2.39. The van der Waals surface area contributed by atoms with E-state index in [1.165, 1.54) is 0 Å². The van der Waals surface area contributed by atoms with Crippen molar-refractivity contribution in [2.75, 3.05) is 7.11 Å². The van der Waals surface area contributed by atoms with Gasteiger partial charge in [-0.15, -0.1) is 0 Å². The summed E-state index contributed by atoms with van der Waals surface area (Å²) in [5.41, 5.74) is 0.201. The monoisotopic (exact) mass is 296 g/mol. The van der Waals surface area contributed by atoms with Gasteiger partial charge in [0.15, 0.2) is 0 Å². The third-order valence-electron chi connectivity index (χ3n) is 4.32. The van der Waals surface area contributed by atoms with Gasteiger partial charge in [-0.2, -0.15) is 0 Å². The minimum Gasteiger partial charge on any atom is -0.496 e. The number of halogens is 1. The Hall–Kier alpha value is -1.22. The van der Waals surface area contributed by atoms with Crippen LogP contribution in [0.1, 0.15) is 38.2 Å². The summed E-state index contributed by atoms with van der Waals surface area (Å²) >= 11 is 6.04. The Morgan fingerprint density at radius 3 is 2.90 bits per heavy atom. The highest BCUT2D eigenvalue weighted by Gasteiger charge is 2.42. The molecule has 1 aromatic carbocycles. The number of carboxylic acid groups (broad SMARTS) is 1. The second-order valence-electron chi connectivity index (χ2n) is 5.92. The smallest absolute Gasteiger partial charge is 0.309 e. The molecule has 0 spiro atoms. The Balaban J connectivity index is 2.33. The van der Waals surface area contributed by atoms with Gasteiger partial charge in [0.05, 0.1) is 12.5 Å². The van der Waals surface area contributed by atoms with E-state index in [0.29, 0.717) is 23.1 Å². The fourth-order valence-electron chi connectivity index (χ4n) is 3.34. The van der Waals surface area contributed by atoms with E-state index in [1.54, 1.807) is 19.2 Å². The van der Waals surface area contributed by atoms with Gasteiger partial charge in [-0.1, -0.05) is 31.4 Å². The van der Waals surface area contributed by atoms with E-state index in [-0.39, 0.29) is 0 Å². The molecule has 1 fully saturated rings. The lowest BCUT2D eigenvalue weighted by molar-refractivity contribution is -0.152. The number of hydrogen-bond acceptors (Lipinski definition) is 2. The number of carbonyl (C=O) groups is 1. The van der Waals surface area contributed by atoms with Gasteiger partial charge in [-0.3, -0.25) is 4.79 Å². The van der Waals surface area contributed by atoms with Crippen LogP contribution in [-0.2, 0) is 11.2 Å². The Labute approximate surface area is 124 Å². The van der Waals surface area contributed by atoms with Crippen molar-refractivity contribution in [1.82, 2.24) is 0 Å². The van der Waals surface area contributed by atoms with Crippen LogP contribution in [0.25, 0.3) is 0 Å². The van der Waals surface area contributed by atoms with Gasteiger partial charge in [-0.05, 0) is 48.9 Å². The van der Waals surface area contributed by atoms with Gasteiger partial charge in [0, 0.05) is 5.02 Å². The van der Waals surface area contributed by atoms with Crippen molar-refractivity contribution in [3.63, 3.8) is 0 Å². The molecule has 110 valence electrons. The van der Waals surface area contributed by atoms with Crippen LogP contribution in [0, 0.1) is 11.3 Å². The van der Waals surface area contributed by atoms with Gasteiger partial charge in [0.1, 0.15) is 5.75 Å². The van der Waals surface area contributed by atoms with Crippen molar-refractivity contribution in [2.24, 2.45) is 11.3 Å².